The van der Waals surface area contributed by atoms with Gasteiger partial charge in [0.15, 0.2) is 0 Å². The van der Waals surface area contributed by atoms with Crippen LogP contribution in [-0.4, -0.2) is 10.2 Å². The summed E-state index contributed by atoms with van der Waals surface area (Å²) in [5, 5.41) is 9.01. The first-order valence-electron chi connectivity index (χ1n) is 3.98. The largest absolute Gasteiger partial charge is 0.266 e. The SMILES string of the molecule is Cc1sccc1-c1cc(Cl)n[nH]c1=S. The number of aromatic amines is 1. The van der Waals surface area contributed by atoms with Crippen LogP contribution in [0.3, 0.4) is 0 Å². The smallest absolute Gasteiger partial charge is 0.150 e. The zero-order valence-corrected chi connectivity index (χ0v) is 9.76. The molecule has 2 aromatic rings. The van der Waals surface area contributed by atoms with Gasteiger partial charge in [-0.3, -0.25) is 5.10 Å². The fourth-order valence-corrected chi connectivity index (χ4v) is 2.32. The van der Waals surface area contributed by atoms with Gasteiger partial charge in [0, 0.05) is 10.4 Å². The number of aryl methyl sites for hydroxylation is 1. The van der Waals surface area contributed by atoms with Gasteiger partial charge in [-0.15, -0.1) is 11.3 Å². The number of hydrogen-bond acceptors (Lipinski definition) is 3. The Bertz CT molecular complexity index is 516. The molecular weight excluding hydrogens is 236 g/mol. The molecule has 2 heterocycles. The average molecular weight is 243 g/mol. The summed E-state index contributed by atoms with van der Waals surface area (Å²) in [4.78, 5) is 1.23. The van der Waals surface area contributed by atoms with Crippen LogP contribution < -0.4 is 0 Å². The first kappa shape index (κ1) is 9.83. The van der Waals surface area contributed by atoms with Gasteiger partial charge in [0.05, 0.1) is 0 Å². The lowest BCUT2D eigenvalue weighted by molar-refractivity contribution is 1.02. The van der Waals surface area contributed by atoms with Crippen LogP contribution in [0.5, 0.6) is 0 Å². The zero-order valence-electron chi connectivity index (χ0n) is 7.37. The Labute approximate surface area is 95.6 Å². The number of thiophene rings is 1. The monoisotopic (exact) mass is 242 g/mol. The van der Waals surface area contributed by atoms with E-state index in [0.29, 0.717) is 9.79 Å². The molecule has 0 bridgehead atoms. The van der Waals surface area contributed by atoms with Crippen LogP contribution in [0.15, 0.2) is 17.5 Å². The molecule has 0 amide bonds. The lowest BCUT2D eigenvalue weighted by Gasteiger charge is -2.00. The van der Waals surface area contributed by atoms with E-state index in [1.165, 1.54) is 4.88 Å². The fraction of sp³-hybridized carbons (Fsp3) is 0.111. The average Bonchev–Trinajstić information content (AvgIpc) is 2.56. The Balaban J connectivity index is 2.68. The second kappa shape index (κ2) is 3.81. The van der Waals surface area contributed by atoms with Crippen LogP contribution >= 0.6 is 35.2 Å². The first-order valence-corrected chi connectivity index (χ1v) is 5.65. The van der Waals surface area contributed by atoms with Crippen molar-refractivity contribution in [2.45, 2.75) is 6.92 Å². The number of rotatable bonds is 1. The Morgan fingerprint density at radius 2 is 2.29 bits per heavy atom. The van der Waals surface area contributed by atoms with Crippen molar-refractivity contribution in [2.75, 3.05) is 0 Å². The van der Waals surface area contributed by atoms with E-state index in [1.807, 2.05) is 11.4 Å². The predicted octanol–water partition coefficient (Wildman–Crippen LogP) is 3.83. The molecule has 5 heteroatoms. The third-order valence-electron chi connectivity index (χ3n) is 1.92. The molecule has 0 aromatic carbocycles. The van der Waals surface area contributed by atoms with Crippen molar-refractivity contribution in [1.29, 1.82) is 0 Å². The molecule has 0 atom stereocenters. The van der Waals surface area contributed by atoms with Crippen LogP contribution in [0.2, 0.25) is 5.15 Å². The van der Waals surface area contributed by atoms with E-state index in [4.69, 9.17) is 23.8 Å². The summed E-state index contributed by atoms with van der Waals surface area (Å²) in [6, 6.07) is 3.82. The number of H-pyrrole nitrogens is 1. The summed E-state index contributed by atoms with van der Waals surface area (Å²) < 4.78 is 0.621. The minimum absolute atomic E-state index is 0.430. The Morgan fingerprint density at radius 1 is 1.50 bits per heavy atom. The molecule has 0 unspecified atom stereocenters. The molecule has 72 valence electrons. The number of nitrogens with zero attached hydrogens (tertiary/aromatic N) is 1. The van der Waals surface area contributed by atoms with E-state index in [2.05, 4.69) is 17.1 Å². The number of aromatic nitrogens is 2. The van der Waals surface area contributed by atoms with E-state index < -0.39 is 0 Å². The van der Waals surface area contributed by atoms with Crippen molar-refractivity contribution in [2.24, 2.45) is 0 Å². The minimum atomic E-state index is 0.430. The molecule has 0 fully saturated rings. The molecule has 0 saturated carbocycles. The van der Waals surface area contributed by atoms with Crippen LogP contribution in [0, 0.1) is 11.6 Å². The van der Waals surface area contributed by atoms with Gasteiger partial charge in [-0.1, -0.05) is 23.8 Å². The van der Waals surface area contributed by atoms with Crippen molar-refractivity contribution < 1.29 is 0 Å². The molecule has 2 aromatic heterocycles. The molecule has 1 N–H and O–H groups in total. The predicted molar refractivity (Wildman–Crippen MR) is 62.5 cm³/mol. The van der Waals surface area contributed by atoms with Gasteiger partial charge in [-0.05, 0) is 30.0 Å². The molecule has 0 spiro atoms. The highest BCUT2D eigenvalue weighted by Gasteiger charge is 2.06. The lowest BCUT2D eigenvalue weighted by atomic mass is 10.1. The van der Waals surface area contributed by atoms with Crippen LogP contribution in [0.25, 0.3) is 11.1 Å². The van der Waals surface area contributed by atoms with Gasteiger partial charge in [0.25, 0.3) is 0 Å². The normalized spacial score (nSPS) is 10.4. The molecule has 2 nitrogen and oxygen atoms in total. The Kier molecular flexibility index (Phi) is 2.67. The van der Waals surface area contributed by atoms with E-state index in [1.54, 1.807) is 17.4 Å². The number of nitrogens with one attached hydrogen (secondary N) is 1. The molecule has 14 heavy (non-hydrogen) atoms. The molecular formula is C9H7ClN2S2. The van der Waals surface area contributed by atoms with Crippen LogP contribution in [0.1, 0.15) is 4.88 Å². The van der Waals surface area contributed by atoms with Crippen molar-refractivity contribution >= 4 is 35.2 Å². The van der Waals surface area contributed by atoms with Crippen molar-refractivity contribution in [3.05, 3.63) is 32.2 Å². The van der Waals surface area contributed by atoms with E-state index in [-0.39, 0.29) is 0 Å². The van der Waals surface area contributed by atoms with Crippen molar-refractivity contribution in [3.8, 4) is 11.1 Å². The summed E-state index contributed by atoms with van der Waals surface area (Å²) in [7, 11) is 0. The van der Waals surface area contributed by atoms with Gasteiger partial charge in [-0.2, -0.15) is 5.10 Å². The number of halogens is 1. The second-order valence-corrected chi connectivity index (χ2v) is 4.74. The highest BCUT2D eigenvalue weighted by molar-refractivity contribution is 7.71. The highest BCUT2D eigenvalue weighted by Crippen LogP contribution is 2.28. The van der Waals surface area contributed by atoms with Gasteiger partial charge < -0.3 is 0 Å². The number of hydrogen-bond donors (Lipinski definition) is 1. The summed E-state index contributed by atoms with van der Waals surface area (Å²) in [5.41, 5.74) is 2.07. The lowest BCUT2D eigenvalue weighted by Crippen LogP contribution is -1.87. The summed E-state index contributed by atoms with van der Waals surface area (Å²) in [5.74, 6) is 0. The molecule has 2 rings (SSSR count). The van der Waals surface area contributed by atoms with Crippen LogP contribution in [0.4, 0.5) is 0 Å². The zero-order chi connectivity index (χ0) is 10.1. The summed E-state index contributed by atoms with van der Waals surface area (Å²) in [6.07, 6.45) is 0. The molecule has 0 aliphatic heterocycles. The maximum Gasteiger partial charge on any atom is 0.150 e. The standard InChI is InChI=1S/C9H7ClN2S2/c1-5-6(2-3-14-5)7-4-8(10)11-12-9(7)13/h2-4H,1H3,(H,12,13). The maximum atomic E-state index is 5.80. The van der Waals surface area contributed by atoms with Crippen molar-refractivity contribution in [3.63, 3.8) is 0 Å². The van der Waals surface area contributed by atoms with Gasteiger partial charge >= 0.3 is 0 Å². The maximum absolute atomic E-state index is 5.80. The molecule has 0 aliphatic rings. The molecule has 0 saturated heterocycles. The Hall–Kier alpha value is -0.710. The van der Waals surface area contributed by atoms with Crippen molar-refractivity contribution in [1.82, 2.24) is 10.2 Å². The van der Waals surface area contributed by atoms with E-state index >= 15 is 0 Å². The topological polar surface area (TPSA) is 28.7 Å². The highest BCUT2D eigenvalue weighted by atomic mass is 35.5. The third kappa shape index (κ3) is 1.73. The third-order valence-corrected chi connectivity index (χ3v) is 3.27. The fourth-order valence-electron chi connectivity index (χ4n) is 1.25. The summed E-state index contributed by atoms with van der Waals surface area (Å²) in [6.45, 7) is 2.06. The second-order valence-electron chi connectivity index (χ2n) is 2.82. The van der Waals surface area contributed by atoms with Crippen LogP contribution in [-0.2, 0) is 0 Å². The van der Waals surface area contributed by atoms with Gasteiger partial charge in [-0.25, -0.2) is 0 Å². The molecule has 0 aliphatic carbocycles. The van der Waals surface area contributed by atoms with Gasteiger partial charge in [0.1, 0.15) is 9.79 Å². The summed E-state index contributed by atoms with van der Waals surface area (Å²) >= 11 is 12.6. The molecule has 0 radical (unpaired) electrons. The van der Waals surface area contributed by atoms with E-state index in [9.17, 15) is 0 Å². The quantitative estimate of drug-likeness (QED) is 0.770. The Morgan fingerprint density at radius 3 is 2.93 bits per heavy atom. The van der Waals surface area contributed by atoms with Gasteiger partial charge in [0.2, 0.25) is 0 Å². The first-order chi connectivity index (χ1) is 6.68. The minimum Gasteiger partial charge on any atom is -0.266 e. The van der Waals surface area contributed by atoms with E-state index in [0.717, 1.165) is 11.1 Å².